The molecule has 11 aromatic rings. The number of thiophene rings is 1. The number of imidazole rings is 1. The molecule has 6 aromatic carbocycles. The molecule has 0 atom stereocenters. The lowest BCUT2D eigenvalue weighted by Crippen LogP contribution is -1.96. The van der Waals surface area contributed by atoms with Crippen LogP contribution in [0.2, 0.25) is 0 Å². The fraction of sp³-hybridized carbons (Fsp3) is 0. The Hall–Kier alpha value is -6.76. The second kappa shape index (κ2) is 11.4. The molecule has 5 heterocycles. The van der Waals surface area contributed by atoms with Gasteiger partial charge in [0.25, 0.3) is 0 Å². The molecule has 5 nitrogen and oxygen atoms in total. The van der Waals surface area contributed by atoms with E-state index in [1.807, 2.05) is 41.8 Å². The van der Waals surface area contributed by atoms with E-state index in [0.29, 0.717) is 5.82 Å². The summed E-state index contributed by atoms with van der Waals surface area (Å²) in [6, 6.07) is 53.2. The minimum absolute atomic E-state index is 0.681. The highest BCUT2D eigenvalue weighted by Gasteiger charge is 2.18. The first-order valence-corrected chi connectivity index (χ1v) is 18.1. The summed E-state index contributed by atoms with van der Waals surface area (Å²) in [5.74, 6) is 0.681. The number of benzene rings is 6. The van der Waals surface area contributed by atoms with E-state index in [0.717, 1.165) is 77.6 Å². The van der Waals surface area contributed by atoms with Crippen LogP contribution >= 0.6 is 11.3 Å². The summed E-state index contributed by atoms with van der Waals surface area (Å²) < 4.78 is 4.75. The summed E-state index contributed by atoms with van der Waals surface area (Å²) in [7, 11) is 0. The summed E-state index contributed by atoms with van der Waals surface area (Å²) in [4.78, 5) is 20.3. The Labute approximate surface area is 302 Å². The van der Waals surface area contributed by atoms with Crippen LogP contribution in [0.3, 0.4) is 0 Å². The molecule has 0 aliphatic carbocycles. The summed E-state index contributed by atoms with van der Waals surface area (Å²) >= 11 is 1.83. The van der Waals surface area contributed by atoms with Crippen molar-refractivity contribution in [2.45, 2.75) is 0 Å². The Morgan fingerprint density at radius 1 is 0.423 bits per heavy atom. The van der Waals surface area contributed by atoms with Crippen LogP contribution in [-0.4, -0.2) is 24.3 Å². The number of nitrogens with zero attached hydrogens (tertiary/aromatic N) is 5. The summed E-state index contributed by atoms with van der Waals surface area (Å²) in [6.45, 7) is 0. The van der Waals surface area contributed by atoms with Crippen molar-refractivity contribution in [1.82, 2.24) is 24.3 Å². The van der Waals surface area contributed by atoms with Gasteiger partial charge in [-0.3, -0.25) is 9.38 Å². The molecule has 52 heavy (non-hydrogen) atoms. The first-order chi connectivity index (χ1) is 25.7. The fourth-order valence-electron chi connectivity index (χ4n) is 7.59. The van der Waals surface area contributed by atoms with Crippen LogP contribution in [0, 0.1) is 0 Å². The number of aromatic nitrogens is 5. The molecular weight excluding hydrogens is 655 g/mol. The van der Waals surface area contributed by atoms with Crippen LogP contribution < -0.4 is 0 Å². The van der Waals surface area contributed by atoms with Crippen molar-refractivity contribution in [3.63, 3.8) is 0 Å². The van der Waals surface area contributed by atoms with Crippen molar-refractivity contribution in [1.29, 1.82) is 0 Å². The molecule has 0 saturated carbocycles. The number of pyridine rings is 2. The van der Waals surface area contributed by atoms with Crippen molar-refractivity contribution in [3.05, 3.63) is 164 Å². The number of rotatable bonds is 4. The molecule has 0 saturated heterocycles. The molecule has 5 aromatic heterocycles. The molecule has 0 radical (unpaired) electrons. The molecule has 242 valence electrons. The Morgan fingerprint density at radius 2 is 1.12 bits per heavy atom. The molecule has 11 rings (SSSR count). The van der Waals surface area contributed by atoms with Crippen molar-refractivity contribution in [3.8, 4) is 45.2 Å². The monoisotopic (exact) mass is 681 g/mol. The lowest BCUT2D eigenvalue weighted by atomic mass is 9.95. The molecule has 6 heteroatoms. The molecule has 0 aliphatic rings. The van der Waals surface area contributed by atoms with Crippen molar-refractivity contribution < 1.29 is 0 Å². The van der Waals surface area contributed by atoms with E-state index in [-0.39, 0.29) is 0 Å². The van der Waals surface area contributed by atoms with Gasteiger partial charge in [-0.2, -0.15) is 0 Å². The second-order valence-electron chi connectivity index (χ2n) is 13.1. The van der Waals surface area contributed by atoms with Gasteiger partial charge in [-0.25, -0.2) is 15.0 Å². The van der Waals surface area contributed by atoms with Crippen molar-refractivity contribution in [2.24, 2.45) is 0 Å². The van der Waals surface area contributed by atoms with E-state index in [1.165, 1.54) is 20.2 Å². The summed E-state index contributed by atoms with van der Waals surface area (Å²) in [5.41, 5.74) is 9.82. The number of hydrogen-bond donors (Lipinski definition) is 0. The van der Waals surface area contributed by atoms with Gasteiger partial charge in [0.2, 0.25) is 0 Å². The Morgan fingerprint density at radius 3 is 2.02 bits per heavy atom. The van der Waals surface area contributed by atoms with Gasteiger partial charge in [-0.05, 0) is 71.4 Å². The lowest BCUT2D eigenvalue weighted by Gasteiger charge is -2.13. The average Bonchev–Trinajstić information content (AvgIpc) is 3.80. The normalized spacial score (nSPS) is 11.8. The summed E-state index contributed by atoms with van der Waals surface area (Å²) in [5, 5.41) is 6.97. The van der Waals surface area contributed by atoms with Crippen LogP contribution in [0.15, 0.2) is 164 Å². The molecule has 0 N–H and O–H groups in total. The molecule has 0 fully saturated rings. The second-order valence-corrected chi connectivity index (χ2v) is 14.2. The largest absolute Gasteiger partial charge is 0.299 e. The Kier molecular flexibility index (Phi) is 6.35. The number of fused-ring (bicyclic) bond motifs is 11. The van der Waals surface area contributed by atoms with E-state index in [1.54, 1.807) is 0 Å². The van der Waals surface area contributed by atoms with Gasteiger partial charge < -0.3 is 0 Å². The molecule has 0 aliphatic heterocycles. The lowest BCUT2D eigenvalue weighted by molar-refractivity contribution is 1.18. The first-order valence-electron chi connectivity index (χ1n) is 17.3. The van der Waals surface area contributed by atoms with Gasteiger partial charge in [0, 0.05) is 65.6 Å². The third-order valence-corrected chi connectivity index (χ3v) is 11.2. The van der Waals surface area contributed by atoms with Crippen LogP contribution in [0.5, 0.6) is 0 Å². The SMILES string of the molecule is c1ccc(-c2cc(-c3ccc4sc5ccccc5c4c3)nc(-c3ccc4c(c3)c3cc(-c5ccccn5)ccc3c3nc5ccccn5c43)n2)cc1. The van der Waals surface area contributed by atoms with E-state index in [2.05, 4.69) is 143 Å². The molecular formula is C46H27N5S. The summed E-state index contributed by atoms with van der Waals surface area (Å²) in [6.07, 6.45) is 3.94. The van der Waals surface area contributed by atoms with Gasteiger partial charge in [0.15, 0.2) is 5.82 Å². The van der Waals surface area contributed by atoms with Crippen LogP contribution in [-0.2, 0) is 0 Å². The van der Waals surface area contributed by atoms with E-state index >= 15 is 0 Å². The quantitative estimate of drug-likeness (QED) is 0.174. The Balaban J connectivity index is 1.18. The predicted molar refractivity (Wildman–Crippen MR) is 216 cm³/mol. The van der Waals surface area contributed by atoms with Gasteiger partial charge in [-0.15, -0.1) is 11.3 Å². The van der Waals surface area contributed by atoms with Crippen LogP contribution in [0.1, 0.15) is 0 Å². The maximum absolute atomic E-state index is 5.29. The third-order valence-electron chi connectivity index (χ3n) is 10.1. The fourth-order valence-corrected chi connectivity index (χ4v) is 8.67. The van der Waals surface area contributed by atoms with E-state index < -0.39 is 0 Å². The van der Waals surface area contributed by atoms with Crippen LogP contribution in [0.25, 0.3) is 104 Å². The third kappa shape index (κ3) is 4.55. The highest BCUT2D eigenvalue weighted by Crippen LogP contribution is 2.40. The zero-order valence-corrected chi connectivity index (χ0v) is 28.5. The minimum Gasteiger partial charge on any atom is -0.299 e. The zero-order valence-electron chi connectivity index (χ0n) is 27.7. The predicted octanol–water partition coefficient (Wildman–Crippen LogP) is 12.0. The zero-order chi connectivity index (χ0) is 34.2. The maximum Gasteiger partial charge on any atom is 0.160 e. The number of hydrogen-bond acceptors (Lipinski definition) is 5. The standard InChI is InChI=1S/C46H27N5S/c1-2-10-28(11-3-1)39-27-40(30-18-21-42-37(25-30)32-12-4-5-14-41(32)52-42)49-46(48-39)31-17-20-34-36(26-31)35-24-29(38-13-6-8-22-47-38)16-19-33(35)44-45(34)51-23-9-7-15-43(51)50-44/h1-27H. The first kappa shape index (κ1) is 29.0. The van der Waals surface area contributed by atoms with Gasteiger partial charge >= 0.3 is 0 Å². The Bertz CT molecular complexity index is 3180. The molecule has 0 spiro atoms. The highest BCUT2D eigenvalue weighted by atomic mass is 32.1. The average molecular weight is 682 g/mol. The maximum atomic E-state index is 5.29. The molecule has 0 bridgehead atoms. The van der Waals surface area contributed by atoms with Crippen molar-refractivity contribution >= 4 is 69.7 Å². The minimum atomic E-state index is 0.681. The highest BCUT2D eigenvalue weighted by molar-refractivity contribution is 7.25. The van der Waals surface area contributed by atoms with E-state index in [4.69, 9.17) is 15.0 Å². The topological polar surface area (TPSA) is 56.0 Å². The van der Waals surface area contributed by atoms with E-state index in [9.17, 15) is 0 Å². The van der Waals surface area contributed by atoms with Crippen LogP contribution in [0.4, 0.5) is 0 Å². The van der Waals surface area contributed by atoms with Crippen molar-refractivity contribution in [2.75, 3.05) is 0 Å². The molecule has 0 unspecified atom stereocenters. The van der Waals surface area contributed by atoms with Gasteiger partial charge in [-0.1, -0.05) is 91.0 Å². The van der Waals surface area contributed by atoms with Gasteiger partial charge in [0.1, 0.15) is 5.65 Å². The van der Waals surface area contributed by atoms with Gasteiger partial charge in [0.05, 0.1) is 28.1 Å². The smallest absolute Gasteiger partial charge is 0.160 e. The molecule has 0 amide bonds.